The second-order valence-electron chi connectivity index (χ2n) is 7.37. The molecule has 34 heavy (non-hydrogen) atoms. The van der Waals surface area contributed by atoms with Crippen molar-refractivity contribution in [3.05, 3.63) is 54.1 Å². The number of benzene rings is 2. The largest absolute Gasteiger partial charge is 0.497 e. The Morgan fingerprint density at radius 3 is 2.50 bits per heavy atom. The molecule has 0 radical (unpaired) electrons. The third kappa shape index (κ3) is 10.1. The van der Waals surface area contributed by atoms with Crippen molar-refractivity contribution < 1.29 is 28.6 Å². The van der Waals surface area contributed by atoms with Crippen LogP contribution in [-0.4, -0.2) is 56.9 Å². The summed E-state index contributed by atoms with van der Waals surface area (Å²) in [5, 5.41) is 9.00. The Morgan fingerprint density at radius 2 is 1.79 bits per heavy atom. The van der Waals surface area contributed by atoms with Gasteiger partial charge in [-0.25, -0.2) is 5.43 Å². The van der Waals surface area contributed by atoms with E-state index in [1.807, 2.05) is 13.8 Å². The van der Waals surface area contributed by atoms with Crippen LogP contribution in [0.5, 0.6) is 11.5 Å². The van der Waals surface area contributed by atoms with E-state index in [0.717, 1.165) is 0 Å². The van der Waals surface area contributed by atoms with Gasteiger partial charge in [-0.05, 0) is 62.2 Å². The fraction of sp³-hybridized carbons (Fsp3) is 0.333. The van der Waals surface area contributed by atoms with Gasteiger partial charge in [0.1, 0.15) is 11.5 Å². The second kappa shape index (κ2) is 14.3. The van der Waals surface area contributed by atoms with Gasteiger partial charge in [-0.1, -0.05) is 12.1 Å². The molecule has 0 aliphatic rings. The van der Waals surface area contributed by atoms with E-state index in [1.54, 1.807) is 55.6 Å². The quantitative estimate of drug-likeness (QED) is 0.189. The van der Waals surface area contributed by atoms with Gasteiger partial charge >= 0.3 is 11.8 Å². The Balaban J connectivity index is 1.73. The molecule has 0 unspecified atom stereocenters. The predicted octanol–water partition coefficient (Wildman–Crippen LogP) is 2.09. The molecule has 0 atom stereocenters. The normalized spacial score (nSPS) is 10.7. The fourth-order valence-electron chi connectivity index (χ4n) is 2.59. The number of rotatable bonds is 12. The molecule has 2 rings (SSSR count). The van der Waals surface area contributed by atoms with Gasteiger partial charge in [0.2, 0.25) is 0 Å². The van der Waals surface area contributed by atoms with Gasteiger partial charge in [-0.2, -0.15) is 5.10 Å². The van der Waals surface area contributed by atoms with E-state index in [-0.39, 0.29) is 18.6 Å². The number of hydrogen-bond donors (Lipinski definition) is 3. The van der Waals surface area contributed by atoms with Crippen LogP contribution in [0.2, 0.25) is 0 Å². The minimum Gasteiger partial charge on any atom is -0.497 e. The Labute approximate surface area is 198 Å². The van der Waals surface area contributed by atoms with Crippen molar-refractivity contribution in [2.24, 2.45) is 5.10 Å². The maximum absolute atomic E-state index is 12.1. The number of amides is 3. The van der Waals surface area contributed by atoms with Gasteiger partial charge in [0.15, 0.2) is 6.61 Å². The van der Waals surface area contributed by atoms with Crippen molar-refractivity contribution in [1.29, 1.82) is 0 Å². The zero-order valence-electron chi connectivity index (χ0n) is 19.5. The summed E-state index contributed by atoms with van der Waals surface area (Å²) in [7, 11) is 1.57. The lowest BCUT2D eigenvalue weighted by atomic mass is 10.2. The first-order valence-electron chi connectivity index (χ1n) is 10.8. The van der Waals surface area contributed by atoms with Gasteiger partial charge in [-0.15, -0.1) is 0 Å². The number of nitrogens with one attached hydrogen (secondary N) is 3. The van der Waals surface area contributed by atoms with Crippen molar-refractivity contribution >= 4 is 29.6 Å². The second-order valence-corrected chi connectivity index (χ2v) is 7.37. The number of hydrogen-bond acceptors (Lipinski definition) is 7. The van der Waals surface area contributed by atoms with Gasteiger partial charge in [0.25, 0.3) is 5.91 Å². The van der Waals surface area contributed by atoms with Crippen LogP contribution in [0, 0.1) is 0 Å². The number of nitrogens with zero attached hydrogens (tertiary/aromatic N) is 1. The number of methoxy groups -OCH3 is 1. The third-order valence-corrected chi connectivity index (χ3v) is 4.25. The molecule has 0 bridgehead atoms. The molecule has 10 nitrogen and oxygen atoms in total. The minimum absolute atomic E-state index is 0.119. The molecule has 0 aromatic heterocycles. The lowest BCUT2D eigenvalue weighted by Gasteiger charge is -2.08. The first-order valence-corrected chi connectivity index (χ1v) is 10.8. The Kier molecular flexibility index (Phi) is 11.1. The number of ether oxygens (including phenoxy) is 3. The van der Waals surface area contributed by atoms with E-state index in [4.69, 9.17) is 14.2 Å². The van der Waals surface area contributed by atoms with E-state index < -0.39 is 11.8 Å². The van der Waals surface area contributed by atoms with E-state index >= 15 is 0 Å². The lowest BCUT2D eigenvalue weighted by Crippen LogP contribution is -2.38. The van der Waals surface area contributed by atoms with Gasteiger partial charge < -0.3 is 24.8 Å². The first-order chi connectivity index (χ1) is 16.4. The summed E-state index contributed by atoms with van der Waals surface area (Å²) in [6, 6.07) is 13.7. The number of hydrazone groups is 1. The highest BCUT2D eigenvalue weighted by atomic mass is 16.5. The summed E-state index contributed by atoms with van der Waals surface area (Å²) in [5.74, 6) is -0.832. The molecule has 0 fully saturated rings. The van der Waals surface area contributed by atoms with Crippen molar-refractivity contribution in [2.75, 3.05) is 32.2 Å². The summed E-state index contributed by atoms with van der Waals surface area (Å²) in [5.41, 5.74) is 3.40. The van der Waals surface area contributed by atoms with Crippen LogP contribution in [-0.2, 0) is 19.1 Å². The van der Waals surface area contributed by atoms with Gasteiger partial charge in [-0.3, -0.25) is 14.4 Å². The van der Waals surface area contributed by atoms with Crippen molar-refractivity contribution in [2.45, 2.75) is 26.4 Å². The van der Waals surface area contributed by atoms with E-state index in [1.165, 1.54) is 6.21 Å². The van der Waals surface area contributed by atoms with Crippen LogP contribution in [0.4, 0.5) is 5.69 Å². The fourth-order valence-corrected chi connectivity index (χ4v) is 2.59. The average Bonchev–Trinajstić information content (AvgIpc) is 2.83. The average molecular weight is 471 g/mol. The minimum atomic E-state index is -0.872. The third-order valence-electron chi connectivity index (χ3n) is 4.25. The van der Waals surface area contributed by atoms with Crippen molar-refractivity contribution in [1.82, 2.24) is 10.7 Å². The highest BCUT2D eigenvalue weighted by Gasteiger charge is 2.11. The molecule has 10 heteroatoms. The highest BCUT2D eigenvalue weighted by Crippen LogP contribution is 2.15. The van der Waals surface area contributed by atoms with E-state index in [0.29, 0.717) is 42.3 Å². The molecule has 0 aliphatic heterocycles. The van der Waals surface area contributed by atoms with Crippen LogP contribution in [0.15, 0.2) is 53.6 Å². The topological polar surface area (TPSA) is 127 Å². The molecular formula is C24H30N4O6. The molecule has 0 saturated heterocycles. The van der Waals surface area contributed by atoms with E-state index in [2.05, 4.69) is 21.2 Å². The predicted molar refractivity (Wildman–Crippen MR) is 128 cm³/mol. The molecule has 0 heterocycles. The maximum Gasteiger partial charge on any atom is 0.329 e. The number of carbonyl (C=O) groups is 3. The van der Waals surface area contributed by atoms with Crippen LogP contribution in [0.25, 0.3) is 0 Å². The Bertz CT molecular complexity index is 976. The molecule has 2 aromatic rings. The van der Waals surface area contributed by atoms with Crippen LogP contribution >= 0.6 is 0 Å². The molecular weight excluding hydrogens is 440 g/mol. The zero-order chi connectivity index (χ0) is 24.8. The molecule has 182 valence electrons. The van der Waals surface area contributed by atoms with Gasteiger partial charge in [0.05, 0.1) is 19.4 Å². The summed E-state index contributed by atoms with van der Waals surface area (Å²) in [6.07, 6.45) is 2.09. The highest BCUT2D eigenvalue weighted by molar-refractivity contribution is 6.35. The van der Waals surface area contributed by atoms with Crippen molar-refractivity contribution in [3.8, 4) is 11.5 Å². The lowest BCUT2D eigenvalue weighted by molar-refractivity contribution is -0.139. The summed E-state index contributed by atoms with van der Waals surface area (Å²) >= 11 is 0. The molecule has 0 spiro atoms. The molecule has 3 amide bonds. The Hall–Kier alpha value is -3.92. The van der Waals surface area contributed by atoms with Gasteiger partial charge in [0, 0.05) is 18.8 Å². The number of carbonyl (C=O) groups excluding carboxylic acids is 3. The summed E-state index contributed by atoms with van der Waals surface area (Å²) in [4.78, 5) is 35.6. The smallest absolute Gasteiger partial charge is 0.329 e. The summed E-state index contributed by atoms with van der Waals surface area (Å²) < 4.78 is 15.9. The standard InChI is InChI=1S/C24H30N4O6/c1-17(2)33-13-5-12-25-23(30)24(31)28-26-15-18-6-4-7-21(14-18)34-16-22(29)27-19-8-10-20(32-3)11-9-19/h4,6-11,14-15,17H,5,12-13,16H2,1-3H3,(H,25,30)(H,27,29)(H,28,31)/b26-15-. The zero-order valence-corrected chi connectivity index (χ0v) is 19.5. The SMILES string of the molecule is COc1ccc(NC(=O)COc2cccc(/C=N\NC(=O)C(=O)NCCCOC(C)C)c2)cc1. The van der Waals surface area contributed by atoms with Crippen LogP contribution in [0.3, 0.4) is 0 Å². The Morgan fingerprint density at radius 1 is 1.03 bits per heavy atom. The van der Waals surface area contributed by atoms with E-state index in [9.17, 15) is 14.4 Å². The monoisotopic (exact) mass is 470 g/mol. The van der Waals surface area contributed by atoms with Crippen LogP contribution in [0.1, 0.15) is 25.8 Å². The number of anilines is 1. The molecule has 0 aliphatic carbocycles. The van der Waals surface area contributed by atoms with Crippen LogP contribution < -0.4 is 25.5 Å². The first kappa shape index (κ1) is 26.3. The summed E-state index contributed by atoms with van der Waals surface area (Å²) in [6.45, 7) is 4.48. The molecule has 3 N–H and O–H groups in total. The maximum atomic E-state index is 12.1. The molecule has 2 aromatic carbocycles. The van der Waals surface area contributed by atoms with Crippen molar-refractivity contribution in [3.63, 3.8) is 0 Å². The molecule has 0 saturated carbocycles.